The number of hydrogen-bond acceptors (Lipinski definition) is 2. The first-order valence-electron chi connectivity index (χ1n) is 10.8. The molecule has 1 unspecified atom stereocenters. The van der Waals surface area contributed by atoms with E-state index in [1.165, 1.54) is 0 Å². The van der Waals surface area contributed by atoms with Gasteiger partial charge in [-0.1, -0.05) is 44.5 Å². The summed E-state index contributed by atoms with van der Waals surface area (Å²) in [5, 5.41) is 15.8. The average Bonchev–Trinajstić information content (AvgIpc) is 2.73. The number of anilines is 1. The van der Waals surface area contributed by atoms with Crippen molar-refractivity contribution in [2.75, 3.05) is 5.32 Å². The highest BCUT2D eigenvalue weighted by molar-refractivity contribution is 6.30. The van der Waals surface area contributed by atoms with Crippen molar-refractivity contribution in [3.05, 3.63) is 64.7 Å². The number of hydrogen-bond donors (Lipinski definition) is 3. The maximum absolute atomic E-state index is 12.8. The Morgan fingerprint density at radius 1 is 0.968 bits per heavy atom. The number of carbonyl (C=O) groups excluding carboxylic acids is 1. The molecule has 0 aliphatic heterocycles. The van der Waals surface area contributed by atoms with Gasteiger partial charge in [0, 0.05) is 10.7 Å². The number of nitrogens with one attached hydrogen (secondary N) is 2. The second-order valence-electron chi connectivity index (χ2n) is 9.49. The molecule has 5 nitrogen and oxygen atoms in total. The number of halogens is 1. The molecule has 1 atom stereocenters. The first kappa shape index (κ1) is 23.1. The van der Waals surface area contributed by atoms with Gasteiger partial charge in [-0.3, -0.25) is 0 Å². The van der Waals surface area contributed by atoms with Crippen molar-refractivity contribution in [1.29, 1.82) is 0 Å². The molecule has 1 saturated carbocycles. The first-order chi connectivity index (χ1) is 14.6. The summed E-state index contributed by atoms with van der Waals surface area (Å²) >= 11 is 5.92. The van der Waals surface area contributed by atoms with E-state index in [1.807, 2.05) is 12.1 Å². The molecule has 0 saturated heterocycles. The molecule has 2 amide bonds. The van der Waals surface area contributed by atoms with Gasteiger partial charge in [0.15, 0.2) is 0 Å². The topological polar surface area (TPSA) is 78.4 Å². The van der Waals surface area contributed by atoms with Crippen LogP contribution in [0.15, 0.2) is 48.5 Å². The van der Waals surface area contributed by atoms with Crippen LogP contribution in [-0.4, -0.2) is 17.1 Å². The minimum Gasteiger partial charge on any atom is -0.478 e. The lowest BCUT2D eigenvalue weighted by Gasteiger charge is -2.39. The first-order valence-corrected chi connectivity index (χ1v) is 11.2. The van der Waals surface area contributed by atoms with Crippen LogP contribution in [0.25, 0.3) is 0 Å². The molecule has 0 spiro atoms. The lowest BCUT2D eigenvalue weighted by atomic mass is 9.68. The van der Waals surface area contributed by atoms with Crippen molar-refractivity contribution < 1.29 is 14.7 Å². The molecule has 0 aromatic heterocycles. The lowest BCUT2D eigenvalue weighted by Crippen LogP contribution is -2.38. The van der Waals surface area contributed by atoms with Crippen LogP contribution in [-0.2, 0) is 0 Å². The van der Waals surface area contributed by atoms with Crippen molar-refractivity contribution in [3.63, 3.8) is 0 Å². The molecule has 0 heterocycles. The van der Waals surface area contributed by atoms with Gasteiger partial charge in [0.1, 0.15) is 0 Å². The van der Waals surface area contributed by atoms with Gasteiger partial charge in [-0.25, -0.2) is 9.59 Å². The van der Waals surface area contributed by atoms with Gasteiger partial charge in [0.25, 0.3) is 0 Å². The van der Waals surface area contributed by atoms with Crippen LogP contribution in [0.5, 0.6) is 0 Å². The van der Waals surface area contributed by atoms with E-state index in [2.05, 4.69) is 31.4 Å². The van der Waals surface area contributed by atoms with Crippen molar-refractivity contribution in [2.24, 2.45) is 17.3 Å². The Labute approximate surface area is 189 Å². The predicted molar refractivity (Wildman–Crippen MR) is 125 cm³/mol. The number of aromatic carboxylic acids is 1. The zero-order chi connectivity index (χ0) is 22.6. The van der Waals surface area contributed by atoms with Gasteiger partial charge < -0.3 is 15.7 Å². The Kier molecular flexibility index (Phi) is 7.26. The van der Waals surface area contributed by atoms with Crippen LogP contribution in [0.4, 0.5) is 10.5 Å². The van der Waals surface area contributed by atoms with Crippen LogP contribution in [0.1, 0.15) is 68.4 Å². The Morgan fingerprint density at radius 3 is 2.06 bits per heavy atom. The van der Waals surface area contributed by atoms with E-state index in [-0.39, 0.29) is 23.1 Å². The van der Waals surface area contributed by atoms with E-state index in [4.69, 9.17) is 11.6 Å². The zero-order valence-electron chi connectivity index (χ0n) is 18.3. The summed E-state index contributed by atoms with van der Waals surface area (Å²) in [4.78, 5) is 24.0. The summed E-state index contributed by atoms with van der Waals surface area (Å²) in [7, 11) is 0. The molecule has 0 bridgehead atoms. The molecule has 3 N–H and O–H groups in total. The van der Waals surface area contributed by atoms with E-state index in [9.17, 15) is 14.7 Å². The van der Waals surface area contributed by atoms with Gasteiger partial charge in [-0.2, -0.15) is 0 Å². The SMILES string of the molecule is CC(C)(C)C1CCC(C(NC(=O)Nc2ccc(Cl)cc2)c2ccc(C(=O)O)cc2)CC1. The summed E-state index contributed by atoms with van der Waals surface area (Å²) < 4.78 is 0. The predicted octanol–water partition coefficient (Wildman–Crippen LogP) is 6.75. The lowest BCUT2D eigenvalue weighted by molar-refractivity contribution is 0.0696. The Hall–Kier alpha value is -2.53. The molecule has 0 radical (unpaired) electrons. The molecule has 166 valence electrons. The minimum atomic E-state index is -0.956. The molecule has 1 aliphatic rings. The van der Waals surface area contributed by atoms with E-state index in [1.54, 1.807) is 36.4 Å². The van der Waals surface area contributed by atoms with E-state index in [0.29, 0.717) is 22.5 Å². The second kappa shape index (κ2) is 9.73. The smallest absolute Gasteiger partial charge is 0.335 e. The van der Waals surface area contributed by atoms with Gasteiger partial charge in [0.2, 0.25) is 0 Å². The van der Waals surface area contributed by atoms with Crippen LogP contribution in [0.3, 0.4) is 0 Å². The highest BCUT2D eigenvalue weighted by Gasteiger charge is 2.34. The standard InChI is InChI=1S/C25H31ClN2O3/c1-25(2,3)19-10-8-17(9-11-19)22(16-4-6-18(7-5-16)23(29)30)28-24(31)27-21-14-12-20(26)13-15-21/h4-7,12-15,17,19,22H,8-11H2,1-3H3,(H,29,30)(H2,27,28,31). The third-order valence-electron chi connectivity index (χ3n) is 6.37. The van der Waals surface area contributed by atoms with Gasteiger partial charge in [-0.05, 0) is 84.9 Å². The normalized spacial score (nSPS) is 20.0. The monoisotopic (exact) mass is 442 g/mol. The number of rotatable bonds is 5. The van der Waals surface area contributed by atoms with E-state index in [0.717, 1.165) is 31.2 Å². The fraction of sp³-hybridized carbons (Fsp3) is 0.440. The van der Waals surface area contributed by atoms with Crippen molar-refractivity contribution in [1.82, 2.24) is 5.32 Å². The molecule has 6 heteroatoms. The van der Waals surface area contributed by atoms with Gasteiger partial charge in [0.05, 0.1) is 11.6 Å². The number of carboxylic acid groups (broad SMARTS) is 1. The van der Waals surface area contributed by atoms with Crippen molar-refractivity contribution >= 4 is 29.3 Å². The summed E-state index contributed by atoms with van der Waals surface area (Å²) in [5.41, 5.74) is 2.11. The summed E-state index contributed by atoms with van der Waals surface area (Å²) in [5.74, 6) is 0.00847. The quantitative estimate of drug-likeness (QED) is 0.479. The minimum absolute atomic E-state index is 0.184. The fourth-order valence-electron chi connectivity index (χ4n) is 4.47. The van der Waals surface area contributed by atoms with Crippen molar-refractivity contribution in [2.45, 2.75) is 52.5 Å². The number of urea groups is 1. The Balaban J connectivity index is 1.76. The summed E-state index contributed by atoms with van der Waals surface area (Å²) in [6, 6.07) is 13.3. The Bertz CT molecular complexity index is 896. The zero-order valence-corrected chi connectivity index (χ0v) is 19.1. The fourth-order valence-corrected chi connectivity index (χ4v) is 4.59. The summed E-state index contributed by atoms with van der Waals surface area (Å²) in [6.07, 6.45) is 4.29. The van der Waals surface area contributed by atoms with Crippen molar-refractivity contribution in [3.8, 4) is 0 Å². The van der Waals surface area contributed by atoms with Gasteiger partial charge >= 0.3 is 12.0 Å². The molecule has 1 fully saturated rings. The van der Waals surface area contributed by atoms with Crippen LogP contribution < -0.4 is 10.6 Å². The number of benzene rings is 2. The molecule has 3 rings (SSSR count). The average molecular weight is 443 g/mol. The number of carboxylic acids is 1. The van der Waals surface area contributed by atoms with Crippen LogP contribution in [0, 0.1) is 17.3 Å². The Morgan fingerprint density at radius 2 is 1.55 bits per heavy atom. The molecule has 2 aromatic carbocycles. The van der Waals surface area contributed by atoms with Crippen LogP contribution >= 0.6 is 11.6 Å². The molecule has 31 heavy (non-hydrogen) atoms. The molecular formula is C25H31ClN2O3. The highest BCUT2D eigenvalue weighted by Crippen LogP contribution is 2.43. The highest BCUT2D eigenvalue weighted by atomic mass is 35.5. The maximum Gasteiger partial charge on any atom is 0.335 e. The molecular weight excluding hydrogens is 412 g/mol. The number of amides is 2. The second-order valence-corrected chi connectivity index (χ2v) is 9.92. The largest absolute Gasteiger partial charge is 0.478 e. The molecule has 1 aliphatic carbocycles. The maximum atomic E-state index is 12.8. The van der Waals surface area contributed by atoms with Gasteiger partial charge in [-0.15, -0.1) is 0 Å². The third kappa shape index (κ3) is 6.23. The van der Waals surface area contributed by atoms with Crippen LogP contribution in [0.2, 0.25) is 5.02 Å². The van der Waals surface area contributed by atoms with E-state index >= 15 is 0 Å². The van der Waals surface area contributed by atoms with E-state index < -0.39 is 5.97 Å². The molecule has 2 aromatic rings. The summed E-state index contributed by atoms with van der Waals surface area (Å²) in [6.45, 7) is 6.87. The third-order valence-corrected chi connectivity index (χ3v) is 6.63. The number of carbonyl (C=O) groups is 2.